The molecule has 4 nitrogen and oxygen atoms in total. The van der Waals surface area contributed by atoms with Gasteiger partial charge in [0.2, 0.25) is 0 Å². The first-order chi connectivity index (χ1) is 7.57. The number of Topliss-reactive ketones (excluding diaryl/α,β-unsaturated/α-hetero) is 1. The molecule has 0 aliphatic rings. The lowest BCUT2D eigenvalue weighted by molar-refractivity contribution is -0.101. The van der Waals surface area contributed by atoms with E-state index < -0.39 is 23.9 Å². The van der Waals surface area contributed by atoms with Crippen LogP contribution in [0.4, 0.5) is 4.39 Å². The Morgan fingerprint density at radius 1 is 1.56 bits per heavy atom. The van der Waals surface area contributed by atoms with Crippen molar-refractivity contribution in [3.05, 3.63) is 35.6 Å². The highest BCUT2D eigenvalue weighted by Crippen LogP contribution is 2.10. The molecule has 1 aromatic carbocycles. The average molecular weight is 227 g/mol. The number of nitrogens with two attached hydrogens (primary N) is 1. The molecule has 0 radical (unpaired) electrons. The summed E-state index contributed by atoms with van der Waals surface area (Å²) < 4.78 is 18.0. The van der Waals surface area contributed by atoms with Gasteiger partial charge in [-0.15, -0.1) is 0 Å². The van der Waals surface area contributed by atoms with Crippen LogP contribution in [0.3, 0.4) is 0 Å². The molecule has 0 aromatic heterocycles. The Balaban J connectivity index is 2.82. The Labute approximate surface area is 92.8 Å². The number of halogens is 1. The van der Waals surface area contributed by atoms with E-state index in [0.717, 1.165) is 6.07 Å². The van der Waals surface area contributed by atoms with Crippen LogP contribution in [0.1, 0.15) is 17.3 Å². The minimum Gasteiger partial charge on any atom is -0.366 e. The van der Waals surface area contributed by atoms with Gasteiger partial charge in [-0.1, -0.05) is 12.1 Å². The molecule has 16 heavy (non-hydrogen) atoms. The van der Waals surface area contributed by atoms with Crippen molar-refractivity contribution >= 4 is 5.78 Å². The van der Waals surface area contributed by atoms with E-state index >= 15 is 0 Å². The Morgan fingerprint density at radius 2 is 2.19 bits per heavy atom. The molecule has 2 atom stereocenters. The fourth-order valence-electron chi connectivity index (χ4n) is 1.24. The monoisotopic (exact) mass is 227 g/mol. The second-order valence-corrected chi connectivity index (χ2v) is 3.22. The smallest absolute Gasteiger partial charge is 0.187 e. The average Bonchev–Trinajstić information content (AvgIpc) is 2.28. The third-order valence-corrected chi connectivity index (χ3v) is 2.09. The maximum absolute atomic E-state index is 13.3. The third kappa shape index (κ3) is 2.85. The van der Waals surface area contributed by atoms with E-state index in [1.807, 2.05) is 0 Å². The van der Waals surface area contributed by atoms with Crippen molar-refractivity contribution < 1.29 is 19.0 Å². The highest BCUT2D eigenvalue weighted by molar-refractivity contribution is 6.00. The molecule has 0 aliphatic carbocycles. The van der Waals surface area contributed by atoms with Crippen LogP contribution in [0.5, 0.6) is 0 Å². The molecule has 0 amide bonds. The largest absolute Gasteiger partial charge is 0.366 e. The molecule has 2 unspecified atom stereocenters. The van der Waals surface area contributed by atoms with E-state index in [4.69, 9.17) is 10.5 Å². The SMILES string of the molecule is CCOC(O)C(N)C(=O)c1ccccc1F. The van der Waals surface area contributed by atoms with Crippen molar-refractivity contribution in [2.45, 2.75) is 19.3 Å². The number of carbonyl (C=O) groups excluding carboxylic acids is 1. The van der Waals surface area contributed by atoms with E-state index in [9.17, 15) is 14.3 Å². The van der Waals surface area contributed by atoms with Crippen molar-refractivity contribution in [3.63, 3.8) is 0 Å². The van der Waals surface area contributed by atoms with Crippen LogP contribution in [0.15, 0.2) is 24.3 Å². The zero-order valence-electron chi connectivity index (χ0n) is 8.89. The summed E-state index contributed by atoms with van der Waals surface area (Å²) in [4.78, 5) is 11.7. The number of hydrogen-bond donors (Lipinski definition) is 2. The van der Waals surface area contributed by atoms with Gasteiger partial charge in [-0.25, -0.2) is 4.39 Å². The molecule has 0 heterocycles. The lowest BCUT2D eigenvalue weighted by Crippen LogP contribution is -2.43. The van der Waals surface area contributed by atoms with Crippen LogP contribution in [0, 0.1) is 5.82 Å². The number of aliphatic hydroxyl groups excluding tert-OH is 1. The van der Waals surface area contributed by atoms with Gasteiger partial charge in [0.1, 0.15) is 11.9 Å². The molecule has 5 heteroatoms. The van der Waals surface area contributed by atoms with Gasteiger partial charge in [0.15, 0.2) is 12.1 Å². The van der Waals surface area contributed by atoms with Crippen LogP contribution in [-0.2, 0) is 4.74 Å². The third-order valence-electron chi connectivity index (χ3n) is 2.09. The molecule has 88 valence electrons. The second-order valence-electron chi connectivity index (χ2n) is 3.22. The first-order valence-corrected chi connectivity index (χ1v) is 4.92. The molecule has 0 spiro atoms. The van der Waals surface area contributed by atoms with Gasteiger partial charge in [-0.05, 0) is 19.1 Å². The second kappa shape index (κ2) is 5.69. The summed E-state index contributed by atoms with van der Waals surface area (Å²) in [7, 11) is 0. The maximum atomic E-state index is 13.3. The lowest BCUT2D eigenvalue weighted by atomic mass is 10.0. The van der Waals surface area contributed by atoms with Crippen molar-refractivity contribution in [2.24, 2.45) is 5.73 Å². The van der Waals surface area contributed by atoms with Crippen LogP contribution < -0.4 is 5.73 Å². The summed E-state index contributed by atoms with van der Waals surface area (Å²) >= 11 is 0. The van der Waals surface area contributed by atoms with E-state index in [-0.39, 0.29) is 12.2 Å². The van der Waals surface area contributed by atoms with Gasteiger partial charge >= 0.3 is 0 Å². The van der Waals surface area contributed by atoms with E-state index in [1.165, 1.54) is 18.2 Å². The Hall–Kier alpha value is -1.30. The molecule has 1 aromatic rings. The summed E-state index contributed by atoms with van der Waals surface area (Å²) in [6.07, 6.45) is -1.42. The normalized spacial score (nSPS) is 14.5. The predicted octanol–water partition coefficient (Wildman–Crippen LogP) is 0.691. The standard InChI is InChI=1S/C11H14FNO3/c1-2-16-11(15)9(13)10(14)7-5-3-4-6-8(7)12/h3-6,9,11,15H,2,13H2,1H3. The minimum absolute atomic E-state index is 0.145. The zero-order chi connectivity index (χ0) is 12.1. The highest BCUT2D eigenvalue weighted by atomic mass is 19.1. The highest BCUT2D eigenvalue weighted by Gasteiger charge is 2.25. The van der Waals surface area contributed by atoms with Gasteiger partial charge in [-0.3, -0.25) is 4.79 Å². The molecule has 3 N–H and O–H groups in total. The molecule has 0 aliphatic heterocycles. The Bertz CT molecular complexity index is 370. The van der Waals surface area contributed by atoms with Crippen LogP contribution >= 0.6 is 0 Å². The van der Waals surface area contributed by atoms with Crippen molar-refractivity contribution in [1.82, 2.24) is 0 Å². The van der Waals surface area contributed by atoms with Crippen molar-refractivity contribution in [1.29, 1.82) is 0 Å². The molecule has 0 saturated carbocycles. The van der Waals surface area contributed by atoms with E-state index in [0.29, 0.717) is 0 Å². The van der Waals surface area contributed by atoms with Gasteiger partial charge in [-0.2, -0.15) is 0 Å². The minimum atomic E-state index is -1.42. The summed E-state index contributed by atoms with van der Waals surface area (Å²) in [5, 5.41) is 9.35. The van der Waals surface area contributed by atoms with E-state index in [2.05, 4.69) is 0 Å². The molecule has 0 saturated heterocycles. The molecular formula is C11H14FNO3. The van der Waals surface area contributed by atoms with Crippen molar-refractivity contribution in [3.8, 4) is 0 Å². The maximum Gasteiger partial charge on any atom is 0.187 e. The zero-order valence-corrected chi connectivity index (χ0v) is 8.89. The topological polar surface area (TPSA) is 72.6 Å². The molecule has 1 rings (SSSR count). The first kappa shape index (κ1) is 12.8. The predicted molar refractivity (Wildman–Crippen MR) is 56.3 cm³/mol. The van der Waals surface area contributed by atoms with Crippen LogP contribution in [0.2, 0.25) is 0 Å². The van der Waals surface area contributed by atoms with Crippen LogP contribution in [-0.4, -0.2) is 29.8 Å². The molecular weight excluding hydrogens is 213 g/mol. The number of benzene rings is 1. The number of hydrogen-bond acceptors (Lipinski definition) is 4. The number of ether oxygens (including phenoxy) is 1. The van der Waals surface area contributed by atoms with Crippen LogP contribution in [0.25, 0.3) is 0 Å². The Kier molecular flexibility index (Phi) is 4.54. The van der Waals surface area contributed by atoms with E-state index in [1.54, 1.807) is 6.92 Å². The number of carbonyl (C=O) groups is 1. The summed E-state index contributed by atoms with van der Waals surface area (Å²) in [5.74, 6) is -1.34. The fourth-order valence-corrected chi connectivity index (χ4v) is 1.24. The Morgan fingerprint density at radius 3 is 2.75 bits per heavy atom. The van der Waals surface area contributed by atoms with Gasteiger partial charge in [0.05, 0.1) is 5.56 Å². The number of rotatable bonds is 5. The van der Waals surface area contributed by atoms with Gasteiger partial charge in [0.25, 0.3) is 0 Å². The first-order valence-electron chi connectivity index (χ1n) is 4.92. The fraction of sp³-hybridized carbons (Fsp3) is 0.364. The number of aliphatic hydroxyl groups is 1. The quantitative estimate of drug-likeness (QED) is 0.573. The summed E-state index contributed by atoms with van der Waals surface area (Å²) in [6, 6.07) is 4.19. The number of ketones is 1. The molecule has 0 fully saturated rings. The lowest BCUT2D eigenvalue weighted by Gasteiger charge is -2.17. The summed E-state index contributed by atoms with van der Waals surface area (Å²) in [6.45, 7) is 1.88. The summed E-state index contributed by atoms with van der Waals surface area (Å²) in [5.41, 5.74) is 5.31. The molecule has 0 bridgehead atoms. The van der Waals surface area contributed by atoms with Gasteiger partial charge < -0.3 is 15.6 Å². The van der Waals surface area contributed by atoms with Crippen molar-refractivity contribution in [2.75, 3.05) is 6.61 Å². The van der Waals surface area contributed by atoms with Gasteiger partial charge in [0, 0.05) is 6.61 Å².